The minimum absolute atomic E-state index is 0.105. The number of hydrogen-bond donors (Lipinski definition) is 2. The number of allylic oxidation sites excluding steroid dienone is 2. The maximum Gasteiger partial charge on any atom is 0.198 e. The third-order valence-corrected chi connectivity index (χ3v) is 9.16. The lowest BCUT2D eigenvalue weighted by atomic mass is 9.86. The Bertz CT molecular complexity index is 1470. The Hall–Kier alpha value is -2.86. The molecule has 43 heavy (non-hydrogen) atoms. The molecule has 0 saturated carbocycles. The van der Waals surface area contributed by atoms with Crippen LogP contribution < -0.4 is 4.74 Å². The Labute approximate surface area is 250 Å². The average Bonchev–Trinajstić information content (AvgIpc) is 3.72. The summed E-state index contributed by atoms with van der Waals surface area (Å²) in [6, 6.07) is 11.2. The van der Waals surface area contributed by atoms with Gasteiger partial charge in [0.05, 0.1) is 24.2 Å². The van der Waals surface area contributed by atoms with Crippen molar-refractivity contribution in [2.45, 2.75) is 82.4 Å². The zero-order valence-corrected chi connectivity index (χ0v) is 24.4. The number of aliphatic hydroxyl groups is 2. The molecule has 0 radical (unpaired) electrons. The fourth-order valence-corrected chi connectivity index (χ4v) is 6.84. The molecule has 3 saturated heterocycles. The van der Waals surface area contributed by atoms with E-state index in [1.165, 1.54) is 11.6 Å². The van der Waals surface area contributed by atoms with Crippen LogP contribution in [0.4, 0.5) is 4.39 Å². The molecule has 7 atom stereocenters. The summed E-state index contributed by atoms with van der Waals surface area (Å²) in [6.45, 7) is 3.52. The molecular formula is C33H39FN2O7. The van der Waals surface area contributed by atoms with Gasteiger partial charge in [0.1, 0.15) is 30.2 Å². The third kappa shape index (κ3) is 5.61. The number of ether oxygens (including phenoxy) is 5. The van der Waals surface area contributed by atoms with Crippen LogP contribution in [0.1, 0.15) is 57.2 Å². The molecule has 7 rings (SSSR count). The molecule has 1 aromatic carbocycles. The molecule has 10 heteroatoms. The second kappa shape index (κ2) is 12.3. The van der Waals surface area contributed by atoms with E-state index >= 15 is 4.39 Å². The highest BCUT2D eigenvalue weighted by Gasteiger charge is 2.49. The quantitative estimate of drug-likeness (QED) is 0.352. The molecule has 3 aromatic rings. The first-order chi connectivity index (χ1) is 21.0. The fraction of sp³-hybridized carbons (Fsp3) is 0.545. The van der Waals surface area contributed by atoms with Crippen molar-refractivity contribution in [2.24, 2.45) is 5.92 Å². The van der Waals surface area contributed by atoms with Gasteiger partial charge < -0.3 is 33.9 Å². The smallest absolute Gasteiger partial charge is 0.198 e. The molecule has 1 aliphatic carbocycles. The minimum Gasteiger partial charge on any atom is -0.470 e. The first kappa shape index (κ1) is 28.9. The van der Waals surface area contributed by atoms with Gasteiger partial charge in [0.25, 0.3) is 0 Å². The lowest BCUT2D eigenvalue weighted by molar-refractivity contribution is -0.131. The molecule has 3 aliphatic heterocycles. The van der Waals surface area contributed by atoms with Crippen molar-refractivity contribution in [3.63, 3.8) is 0 Å². The van der Waals surface area contributed by atoms with Gasteiger partial charge in [-0.05, 0) is 56.6 Å². The van der Waals surface area contributed by atoms with Crippen LogP contribution in [0.25, 0.3) is 27.9 Å². The number of halogens is 1. The Kier molecular flexibility index (Phi) is 8.24. The van der Waals surface area contributed by atoms with Crippen molar-refractivity contribution in [1.29, 1.82) is 0 Å². The summed E-state index contributed by atoms with van der Waals surface area (Å²) in [6.07, 6.45) is 4.53. The van der Waals surface area contributed by atoms with E-state index in [0.29, 0.717) is 42.3 Å². The van der Waals surface area contributed by atoms with Crippen molar-refractivity contribution in [3.8, 4) is 17.1 Å². The summed E-state index contributed by atoms with van der Waals surface area (Å²) in [5.74, 6) is 0.212. The summed E-state index contributed by atoms with van der Waals surface area (Å²) in [5, 5.41) is 20.3. The second-order valence-corrected chi connectivity index (χ2v) is 11.9. The van der Waals surface area contributed by atoms with E-state index in [1.807, 2.05) is 41.8 Å². The predicted molar refractivity (Wildman–Crippen MR) is 157 cm³/mol. The SMILES string of the molecule is CCOC(O)C1CC=C(c2ccc(-c3nc4cc(O[C@@H]5COC6C5OC[C@H]6O)n(C5CCCCO5)c4cc3F)cc2)CC1. The molecule has 0 bridgehead atoms. The number of hydrogen-bond acceptors (Lipinski definition) is 8. The van der Waals surface area contributed by atoms with Gasteiger partial charge in [-0.15, -0.1) is 0 Å². The number of benzene rings is 1. The number of rotatable bonds is 8. The maximum atomic E-state index is 15.8. The van der Waals surface area contributed by atoms with Gasteiger partial charge in [-0.3, -0.25) is 4.57 Å². The van der Waals surface area contributed by atoms with E-state index < -0.39 is 30.4 Å². The number of pyridine rings is 1. The van der Waals surface area contributed by atoms with Crippen LogP contribution in [0.15, 0.2) is 42.5 Å². The second-order valence-electron chi connectivity index (χ2n) is 11.9. The molecule has 5 heterocycles. The highest BCUT2D eigenvalue weighted by molar-refractivity contribution is 5.82. The lowest BCUT2D eigenvalue weighted by Gasteiger charge is -2.27. The van der Waals surface area contributed by atoms with Crippen molar-refractivity contribution < 1.29 is 38.3 Å². The zero-order chi connectivity index (χ0) is 29.5. The summed E-state index contributed by atoms with van der Waals surface area (Å²) >= 11 is 0. The number of aliphatic hydroxyl groups excluding tert-OH is 2. The van der Waals surface area contributed by atoms with Crippen molar-refractivity contribution in [1.82, 2.24) is 9.55 Å². The molecule has 0 amide bonds. The molecule has 9 nitrogen and oxygen atoms in total. The number of fused-ring (bicyclic) bond motifs is 2. The van der Waals surface area contributed by atoms with E-state index in [1.54, 1.807) is 0 Å². The Morgan fingerprint density at radius 3 is 2.60 bits per heavy atom. The Morgan fingerprint density at radius 1 is 1.05 bits per heavy atom. The lowest BCUT2D eigenvalue weighted by Crippen LogP contribution is -2.35. The largest absolute Gasteiger partial charge is 0.470 e. The normalized spacial score (nSPS) is 29.9. The minimum atomic E-state index is -0.730. The van der Waals surface area contributed by atoms with Gasteiger partial charge in [0, 0.05) is 36.8 Å². The molecule has 2 N–H and O–H groups in total. The van der Waals surface area contributed by atoms with E-state index in [-0.39, 0.29) is 30.6 Å². The monoisotopic (exact) mass is 594 g/mol. The first-order valence-electron chi connectivity index (χ1n) is 15.5. The fourth-order valence-electron chi connectivity index (χ4n) is 6.84. The van der Waals surface area contributed by atoms with Gasteiger partial charge >= 0.3 is 0 Å². The van der Waals surface area contributed by atoms with Gasteiger partial charge in [0.2, 0.25) is 0 Å². The summed E-state index contributed by atoms with van der Waals surface area (Å²) in [4.78, 5) is 4.77. The summed E-state index contributed by atoms with van der Waals surface area (Å²) < 4.78 is 47.1. The van der Waals surface area contributed by atoms with E-state index in [2.05, 4.69) is 6.08 Å². The predicted octanol–water partition coefficient (Wildman–Crippen LogP) is 4.99. The topological polar surface area (TPSA) is 104 Å². The highest BCUT2D eigenvalue weighted by atomic mass is 19.1. The molecule has 5 unspecified atom stereocenters. The van der Waals surface area contributed by atoms with Crippen LogP contribution in [0.2, 0.25) is 0 Å². The van der Waals surface area contributed by atoms with Gasteiger partial charge in [0.15, 0.2) is 24.1 Å². The molecule has 4 aliphatic rings. The zero-order valence-electron chi connectivity index (χ0n) is 24.4. The van der Waals surface area contributed by atoms with Crippen LogP contribution in [0, 0.1) is 11.7 Å². The molecule has 230 valence electrons. The first-order valence-corrected chi connectivity index (χ1v) is 15.5. The molecule has 3 fully saturated rings. The van der Waals surface area contributed by atoms with Crippen molar-refractivity contribution in [2.75, 3.05) is 26.4 Å². The standard InChI is InChI=1S/C33H39FN2O7/c1-2-39-33(38)22-12-8-20(9-13-22)19-6-10-21(11-7-19)30-23(34)15-25-24(35-30)16-29(36(25)28-5-3-4-14-40-28)43-27-18-42-31-26(37)17-41-32(27)31/h6-8,10-11,15-16,22,26-28,31-33,37-38H,2-5,9,12-14,17-18H2,1H3/t22?,26-,27-,28?,31?,32?,33?/m1/s1. The van der Waals surface area contributed by atoms with Crippen LogP contribution in [0.5, 0.6) is 5.88 Å². The number of aromatic nitrogens is 2. The van der Waals surface area contributed by atoms with Crippen molar-refractivity contribution >= 4 is 16.6 Å². The van der Waals surface area contributed by atoms with E-state index in [0.717, 1.165) is 44.1 Å². The van der Waals surface area contributed by atoms with Crippen LogP contribution in [0.3, 0.4) is 0 Å². The van der Waals surface area contributed by atoms with Crippen molar-refractivity contribution in [3.05, 3.63) is 53.9 Å². The molecule has 0 spiro atoms. The van der Waals surface area contributed by atoms with Gasteiger partial charge in [-0.25, -0.2) is 9.37 Å². The molecular weight excluding hydrogens is 555 g/mol. The van der Waals surface area contributed by atoms with Crippen LogP contribution in [-0.4, -0.2) is 76.9 Å². The van der Waals surface area contributed by atoms with Gasteiger partial charge in [-0.1, -0.05) is 30.3 Å². The van der Waals surface area contributed by atoms with Crippen LogP contribution in [-0.2, 0) is 18.9 Å². The van der Waals surface area contributed by atoms with E-state index in [9.17, 15) is 10.2 Å². The Morgan fingerprint density at radius 2 is 1.86 bits per heavy atom. The molecule has 2 aromatic heterocycles. The Balaban J connectivity index is 1.16. The summed E-state index contributed by atoms with van der Waals surface area (Å²) in [7, 11) is 0. The third-order valence-electron chi connectivity index (χ3n) is 9.16. The highest BCUT2D eigenvalue weighted by Crippen LogP contribution is 2.39. The van der Waals surface area contributed by atoms with Gasteiger partial charge in [-0.2, -0.15) is 0 Å². The average molecular weight is 595 g/mol. The number of nitrogens with zero attached hydrogens (tertiary/aromatic N) is 2. The van der Waals surface area contributed by atoms with Crippen LogP contribution >= 0.6 is 0 Å². The maximum absolute atomic E-state index is 15.8. The van der Waals surface area contributed by atoms with E-state index in [4.69, 9.17) is 28.7 Å². The summed E-state index contributed by atoms with van der Waals surface area (Å²) in [5.41, 5.74) is 4.49.